The molecule has 1 aromatic carbocycles. The van der Waals surface area contributed by atoms with Crippen LogP contribution in [-0.4, -0.2) is 37.7 Å². The van der Waals surface area contributed by atoms with Gasteiger partial charge in [-0.15, -0.1) is 0 Å². The average Bonchev–Trinajstić information content (AvgIpc) is 2.46. The van der Waals surface area contributed by atoms with E-state index in [0.29, 0.717) is 12.2 Å². The third-order valence-electron chi connectivity index (χ3n) is 2.97. The van der Waals surface area contributed by atoms with Crippen molar-refractivity contribution >= 4 is 0 Å². The fourth-order valence-corrected chi connectivity index (χ4v) is 1.86. The van der Waals surface area contributed by atoms with Gasteiger partial charge in [0.25, 0.3) is 0 Å². The summed E-state index contributed by atoms with van der Waals surface area (Å²) in [5.74, 6) is 5.15. The molecular weight excluding hydrogens is 255 g/mol. The van der Waals surface area contributed by atoms with Gasteiger partial charge in [-0.2, -0.15) is 0 Å². The second-order valence-electron chi connectivity index (χ2n) is 4.39. The van der Waals surface area contributed by atoms with Gasteiger partial charge in [0.05, 0.1) is 18.7 Å². The van der Waals surface area contributed by atoms with Crippen molar-refractivity contribution in [3.05, 3.63) is 35.1 Å². The first kappa shape index (κ1) is 16.6. The second kappa shape index (κ2) is 9.49. The van der Waals surface area contributed by atoms with Crippen molar-refractivity contribution in [1.82, 2.24) is 4.90 Å². The first-order valence-corrected chi connectivity index (χ1v) is 6.98. The van der Waals surface area contributed by atoms with Gasteiger partial charge >= 0.3 is 0 Å². The fourth-order valence-electron chi connectivity index (χ4n) is 1.86. The standard InChI is InChI=1S/C16H23FN2O/c1-3-19(10-11-20-4-2)13-14-7-8-16(17)15(12-14)6-5-9-18/h7-8,12H,3-4,9-11,13,18H2,1-2H3. The van der Waals surface area contributed by atoms with Crippen LogP contribution in [0.3, 0.4) is 0 Å². The fraction of sp³-hybridized carbons (Fsp3) is 0.500. The Balaban J connectivity index is 2.70. The van der Waals surface area contributed by atoms with Crippen molar-refractivity contribution in [3.63, 3.8) is 0 Å². The maximum atomic E-state index is 13.6. The lowest BCUT2D eigenvalue weighted by Crippen LogP contribution is -2.27. The summed E-state index contributed by atoms with van der Waals surface area (Å²) in [6, 6.07) is 5.06. The Bertz CT molecular complexity index is 465. The van der Waals surface area contributed by atoms with E-state index in [1.807, 2.05) is 6.92 Å². The molecule has 110 valence electrons. The van der Waals surface area contributed by atoms with E-state index in [0.717, 1.165) is 31.8 Å². The summed E-state index contributed by atoms with van der Waals surface area (Å²) < 4.78 is 18.9. The summed E-state index contributed by atoms with van der Waals surface area (Å²) in [4.78, 5) is 2.25. The first-order chi connectivity index (χ1) is 9.71. The Kier molecular flexibility index (Phi) is 7.89. The van der Waals surface area contributed by atoms with Crippen LogP contribution in [0.5, 0.6) is 0 Å². The minimum Gasteiger partial charge on any atom is -0.380 e. The largest absolute Gasteiger partial charge is 0.380 e. The lowest BCUT2D eigenvalue weighted by atomic mass is 10.1. The molecule has 1 aromatic rings. The van der Waals surface area contributed by atoms with Crippen LogP contribution in [0.2, 0.25) is 0 Å². The Hall–Kier alpha value is -1.41. The zero-order chi connectivity index (χ0) is 14.8. The highest BCUT2D eigenvalue weighted by molar-refractivity contribution is 5.38. The Morgan fingerprint density at radius 3 is 2.80 bits per heavy atom. The topological polar surface area (TPSA) is 38.5 Å². The highest BCUT2D eigenvalue weighted by Crippen LogP contribution is 2.11. The number of rotatable bonds is 7. The summed E-state index contributed by atoms with van der Waals surface area (Å²) in [5, 5.41) is 0. The van der Waals surface area contributed by atoms with Crippen molar-refractivity contribution in [2.24, 2.45) is 5.73 Å². The summed E-state index contributed by atoms with van der Waals surface area (Å²) >= 11 is 0. The number of likely N-dealkylation sites (N-methyl/N-ethyl adjacent to an activating group) is 1. The van der Waals surface area contributed by atoms with Crippen LogP contribution in [0.1, 0.15) is 25.0 Å². The van der Waals surface area contributed by atoms with Crippen LogP contribution in [0, 0.1) is 17.7 Å². The molecule has 0 aliphatic heterocycles. The van der Waals surface area contributed by atoms with Gasteiger partial charge in [-0.25, -0.2) is 4.39 Å². The molecule has 20 heavy (non-hydrogen) atoms. The van der Waals surface area contributed by atoms with Gasteiger partial charge in [0.15, 0.2) is 0 Å². The third kappa shape index (κ3) is 5.70. The molecule has 0 bridgehead atoms. The van der Waals surface area contributed by atoms with Crippen LogP contribution in [0.15, 0.2) is 18.2 Å². The Labute approximate surface area is 120 Å². The summed E-state index contributed by atoms with van der Waals surface area (Å²) in [5.41, 5.74) is 6.77. The number of benzene rings is 1. The molecule has 0 saturated carbocycles. The predicted octanol–water partition coefficient (Wildman–Crippen LogP) is 1.99. The van der Waals surface area contributed by atoms with Crippen molar-refractivity contribution in [1.29, 1.82) is 0 Å². The van der Waals surface area contributed by atoms with Crippen molar-refractivity contribution in [3.8, 4) is 11.8 Å². The number of nitrogens with zero attached hydrogens (tertiary/aromatic N) is 1. The van der Waals surface area contributed by atoms with Gasteiger partial charge in [0.1, 0.15) is 5.82 Å². The van der Waals surface area contributed by atoms with Crippen LogP contribution >= 0.6 is 0 Å². The molecule has 0 aliphatic rings. The number of halogens is 1. The number of nitrogens with two attached hydrogens (primary N) is 1. The molecule has 0 fully saturated rings. The van der Waals surface area contributed by atoms with Crippen molar-refractivity contribution < 1.29 is 9.13 Å². The molecule has 0 radical (unpaired) electrons. The van der Waals surface area contributed by atoms with Crippen molar-refractivity contribution in [2.75, 3.05) is 32.8 Å². The summed E-state index contributed by atoms with van der Waals surface area (Å²) in [6.07, 6.45) is 0. The Morgan fingerprint density at radius 1 is 1.35 bits per heavy atom. The molecule has 3 nitrogen and oxygen atoms in total. The molecule has 0 aliphatic carbocycles. The smallest absolute Gasteiger partial charge is 0.138 e. The predicted molar refractivity (Wildman–Crippen MR) is 79.8 cm³/mol. The maximum absolute atomic E-state index is 13.6. The van der Waals surface area contributed by atoms with E-state index in [1.165, 1.54) is 6.07 Å². The van der Waals surface area contributed by atoms with E-state index >= 15 is 0 Å². The molecule has 0 heterocycles. The molecule has 4 heteroatoms. The quantitative estimate of drug-likeness (QED) is 0.612. The van der Waals surface area contributed by atoms with Gasteiger partial charge in [-0.1, -0.05) is 24.8 Å². The molecule has 0 spiro atoms. The molecule has 0 aromatic heterocycles. The van der Waals surface area contributed by atoms with Gasteiger partial charge < -0.3 is 10.5 Å². The lowest BCUT2D eigenvalue weighted by molar-refractivity contribution is 0.113. The van der Waals surface area contributed by atoms with E-state index in [4.69, 9.17) is 10.5 Å². The zero-order valence-corrected chi connectivity index (χ0v) is 12.3. The van der Waals surface area contributed by atoms with Crippen molar-refractivity contribution in [2.45, 2.75) is 20.4 Å². The molecule has 2 N–H and O–H groups in total. The highest BCUT2D eigenvalue weighted by atomic mass is 19.1. The van der Waals surface area contributed by atoms with Crippen LogP contribution in [-0.2, 0) is 11.3 Å². The van der Waals surface area contributed by atoms with E-state index in [9.17, 15) is 4.39 Å². The summed E-state index contributed by atoms with van der Waals surface area (Å²) in [6.45, 7) is 8.32. The van der Waals surface area contributed by atoms with Gasteiger partial charge in [-0.05, 0) is 31.2 Å². The van der Waals surface area contributed by atoms with E-state index < -0.39 is 0 Å². The average molecular weight is 278 g/mol. The number of ether oxygens (including phenoxy) is 1. The van der Waals surface area contributed by atoms with Crippen LogP contribution in [0.25, 0.3) is 0 Å². The van der Waals surface area contributed by atoms with Gasteiger partial charge in [-0.3, -0.25) is 4.90 Å². The summed E-state index contributed by atoms with van der Waals surface area (Å²) in [7, 11) is 0. The van der Waals surface area contributed by atoms with E-state index in [1.54, 1.807) is 12.1 Å². The SMILES string of the molecule is CCOCCN(CC)Cc1ccc(F)c(C#CCN)c1. The van der Waals surface area contributed by atoms with Crippen LogP contribution < -0.4 is 5.73 Å². The monoisotopic (exact) mass is 278 g/mol. The molecule has 0 atom stereocenters. The van der Waals surface area contributed by atoms with Gasteiger partial charge in [0.2, 0.25) is 0 Å². The number of hydrogen-bond acceptors (Lipinski definition) is 3. The maximum Gasteiger partial charge on any atom is 0.138 e. The lowest BCUT2D eigenvalue weighted by Gasteiger charge is -2.20. The molecular formula is C16H23FN2O. The number of hydrogen-bond donors (Lipinski definition) is 1. The highest BCUT2D eigenvalue weighted by Gasteiger charge is 2.06. The Morgan fingerprint density at radius 2 is 2.15 bits per heavy atom. The normalized spacial score (nSPS) is 10.4. The second-order valence-corrected chi connectivity index (χ2v) is 4.39. The van der Waals surface area contributed by atoms with Gasteiger partial charge in [0, 0.05) is 19.7 Å². The van der Waals surface area contributed by atoms with E-state index in [2.05, 4.69) is 23.7 Å². The zero-order valence-electron chi connectivity index (χ0n) is 12.3. The molecule has 1 rings (SSSR count). The third-order valence-corrected chi connectivity index (χ3v) is 2.97. The minimum atomic E-state index is -0.299. The molecule has 0 saturated heterocycles. The van der Waals surface area contributed by atoms with E-state index in [-0.39, 0.29) is 12.4 Å². The molecule has 0 amide bonds. The molecule has 0 unspecified atom stereocenters. The minimum absolute atomic E-state index is 0.235. The van der Waals surface area contributed by atoms with Crippen LogP contribution in [0.4, 0.5) is 4.39 Å². The first-order valence-electron chi connectivity index (χ1n) is 6.98.